The van der Waals surface area contributed by atoms with E-state index < -0.39 is 17.6 Å². The second-order valence-electron chi connectivity index (χ2n) is 8.73. The number of carbonyl (C=O) groups is 2. The number of aromatic amines is 1. The van der Waals surface area contributed by atoms with Crippen LogP contribution in [-0.2, 0) is 6.54 Å². The van der Waals surface area contributed by atoms with Crippen molar-refractivity contribution in [3.05, 3.63) is 127 Å². The molecular weight excluding hydrogens is 504 g/mol. The van der Waals surface area contributed by atoms with Crippen LogP contribution in [0.2, 0.25) is 0 Å². The maximum absolute atomic E-state index is 12.8. The summed E-state index contributed by atoms with van der Waals surface area (Å²) in [5.74, 6) is -2.77. The van der Waals surface area contributed by atoms with Gasteiger partial charge in [0.1, 0.15) is 22.6 Å². The number of carboxylic acid groups (broad SMARTS) is 2. The molecule has 190 valence electrons. The number of H-pyrrole nitrogens is 1. The zero-order valence-corrected chi connectivity index (χ0v) is 20.8. The zero-order chi connectivity index (χ0) is 26.8. The standard InChI is InChI=1S/C29H22N2O6S/c32-27(33)19-11-12-24(22(15-19)28(34)35)37-14-13-31-16-23(26(38)30-29(31)36)25-20-7-3-1-5-17(20)9-10-18-6-2-4-8-21(18)25/h1-12,15-16,25H,13-14H2,(H,32,33)(H,34,35)(H,30,36,38). The SMILES string of the molecule is O=C(O)c1ccc(OCCn2cc(C3c4ccccc4C=Cc4ccccc43)c(=S)[nH]c2=O)c(C(=O)O)c1. The van der Waals surface area contributed by atoms with Gasteiger partial charge in [0.25, 0.3) is 0 Å². The Morgan fingerprint density at radius 3 is 2.13 bits per heavy atom. The van der Waals surface area contributed by atoms with E-state index in [0.29, 0.717) is 4.64 Å². The van der Waals surface area contributed by atoms with Crippen LogP contribution in [-0.4, -0.2) is 38.3 Å². The number of fused-ring (bicyclic) bond motifs is 2. The highest BCUT2D eigenvalue weighted by atomic mass is 32.1. The molecule has 38 heavy (non-hydrogen) atoms. The fraction of sp³-hybridized carbons (Fsp3) is 0.103. The van der Waals surface area contributed by atoms with Crippen LogP contribution in [0.3, 0.4) is 0 Å². The summed E-state index contributed by atoms with van der Waals surface area (Å²) in [5, 5.41) is 18.6. The Bertz CT molecular complexity index is 1670. The molecule has 0 atom stereocenters. The van der Waals surface area contributed by atoms with Crippen molar-refractivity contribution >= 4 is 36.3 Å². The molecule has 8 nitrogen and oxygen atoms in total. The molecule has 9 heteroatoms. The Morgan fingerprint density at radius 2 is 1.53 bits per heavy atom. The van der Waals surface area contributed by atoms with Gasteiger partial charge in [-0.05, 0) is 40.5 Å². The minimum atomic E-state index is -1.31. The van der Waals surface area contributed by atoms with Crippen molar-refractivity contribution in [1.82, 2.24) is 9.55 Å². The lowest BCUT2D eigenvalue weighted by Gasteiger charge is -2.22. The largest absolute Gasteiger partial charge is 0.491 e. The number of ether oxygens (including phenoxy) is 1. The number of benzene rings is 3. The molecular formula is C29H22N2O6S. The van der Waals surface area contributed by atoms with Gasteiger partial charge in [0.15, 0.2) is 0 Å². The molecule has 0 amide bonds. The van der Waals surface area contributed by atoms with E-state index in [1.54, 1.807) is 6.20 Å². The summed E-state index contributed by atoms with van der Waals surface area (Å²) >= 11 is 5.62. The summed E-state index contributed by atoms with van der Waals surface area (Å²) in [4.78, 5) is 38.4. The number of rotatable bonds is 7. The maximum atomic E-state index is 12.8. The molecule has 1 aliphatic carbocycles. The number of nitrogens with zero attached hydrogens (tertiary/aromatic N) is 1. The maximum Gasteiger partial charge on any atom is 0.339 e. The summed E-state index contributed by atoms with van der Waals surface area (Å²) in [6, 6.07) is 19.7. The first-order valence-electron chi connectivity index (χ1n) is 11.8. The van der Waals surface area contributed by atoms with Crippen LogP contribution in [0.25, 0.3) is 12.2 Å². The second-order valence-corrected chi connectivity index (χ2v) is 9.14. The van der Waals surface area contributed by atoms with Crippen molar-refractivity contribution in [2.45, 2.75) is 12.5 Å². The lowest BCUT2D eigenvalue weighted by atomic mass is 9.83. The lowest BCUT2D eigenvalue weighted by molar-refractivity contribution is 0.0692. The molecule has 0 saturated heterocycles. The predicted octanol–water partition coefficient (Wildman–Crippen LogP) is 5.05. The monoisotopic (exact) mass is 526 g/mol. The van der Waals surface area contributed by atoms with E-state index in [1.165, 1.54) is 16.7 Å². The lowest BCUT2D eigenvalue weighted by Crippen LogP contribution is -2.27. The summed E-state index contributed by atoms with van der Waals surface area (Å²) < 4.78 is 7.44. The van der Waals surface area contributed by atoms with E-state index in [0.717, 1.165) is 33.9 Å². The number of hydrogen-bond donors (Lipinski definition) is 3. The molecule has 0 saturated carbocycles. The van der Waals surface area contributed by atoms with Crippen molar-refractivity contribution in [2.75, 3.05) is 6.61 Å². The highest BCUT2D eigenvalue weighted by Gasteiger charge is 2.25. The molecule has 1 aromatic heterocycles. The van der Waals surface area contributed by atoms with Crippen molar-refractivity contribution < 1.29 is 24.5 Å². The van der Waals surface area contributed by atoms with Gasteiger partial charge in [0.05, 0.1) is 12.1 Å². The molecule has 0 spiro atoms. The molecule has 0 bridgehead atoms. The van der Waals surface area contributed by atoms with Gasteiger partial charge in [-0.25, -0.2) is 14.4 Å². The van der Waals surface area contributed by atoms with Gasteiger partial charge in [-0.1, -0.05) is 72.9 Å². The third kappa shape index (κ3) is 4.79. The Kier molecular flexibility index (Phi) is 6.76. The van der Waals surface area contributed by atoms with Crippen LogP contribution < -0.4 is 10.4 Å². The fourth-order valence-corrected chi connectivity index (χ4v) is 4.90. The van der Waals surface area contributed by atoms with Crippen molar-refractivity contribution in [3.63, 3.8) is 0 Å². The Balaban J connectivity index is 1.49. The summed E-state index contributed by atoms with van der Waals surface area (Å²) in [7, 11) is 0. The van der Waals surface area contributed by atoms with Gasteiger partial charge in [0.2, 0.25) is 0 Å². The van der Waals surface area contributed by atoms with E-state index in [9.17, 15) is 19.5 Å². The highest BCUT2D eigenvalue weighted by Crippen LogP contribution is 2.39. The summed E-state index contributed by atoms with van der Waals surface area (Å²) in [6.45, 7) is 0.0714. The Morgan fingerprint density at radius 1 is 0.895 bits per heavy atom. The van der Waals surface area contributed by atoms with Gasteiger partial charge < -0.3 is 14.9 Å². The topological polar surface area (TPSA) is 122 Å². The molecule has 0 fully saturated rings. The average molecular weight is 527 g/mol. The molecule has 0 unspecified atom stereocenters. The van der Waals surface area contributed by atoms with Gasteiger partial charge in [-0.2, -0.15) is 0 Å². The summed E-state index contributed by atoms with van der Waals surface area (Å²) in [5.41, 5.74) is 4.11. The van der Waals surface area contributed by atoms with Crippen LogP contribution in [0, 0.1) is 4.64 Å². The van der Waals surface area contributed by atoms with Crippen LogP contribution >= 0.6 is 12.2 Å². The average Bonchev–Trinajstić information content (AvgIpc) is 3.07. The number of hydrogen-bond acceptors (Lipinski definition) is 5. The molecule has 4 aromatic rings. The van der Waals surface area contributed by atoms with E-state index in [2.05, 4.69) is 17.1 Å². The van der Waals surface area contributed by atoms with Crippen LogP contribution in [0.1, 0.15) is 54.5 Å². The number of nitrogens with one attached hydrogen (secondary N) is 1. The minimum Gasteiger partial charge on any atom is -0.491 e. The molecule has 3 N–H and O–H groups in total. The fourth-order valence-electron chi connectivity index (χ4n) is 4.64. The van der Waals surface area contributed by atoms with Gasteiger partial charge in [-0.3, -0.25) is 9.55 Å². The van der Waals surface area contributed by atoms with Crippen molar-refractivity contribution in [2.24, 2.45) is 0 Å². The quantitative estimate of drug-likeness (QED) is 0.254. The number of carboxylic acids is 2. The Hall–Kier alpha value is -4.76. The molecule has 3 aromatic carbocycles. The van der Waals surface area contributed by atoms with E-state index in [4.69, 9.17) is 22.1 Å². The molecule has 0 aliphatic heterocycles. The number of aromatic nitrogens is 2. The first kappa shape index (κ1) is 24.9. The molecule has 5 rings (SSSR count). The molecule has 1 aliphatic rings. The Labute approximate surface area is 222 Å². The van der Waals surface area contributed by atoms with Crippen LogP contribution in [0.15, 0.2) is 77.7 Å². The van der Waals surface area contributed by atoms with Gasteiger partial charge >= 0.3 is 17.6 Å². The van der Waals surface area contributed by atoms with E-state index in [1.807, 2.05) is 48.5 Å². The second kappa shape index (κ2) is 10.3. The van der Waals surface area contributed by atoms with E-state index in [-0.39, 0.29) is 35.9 Å². The van der Waals surface area contributed by atoms with Crippen molar-refractivity contribution in [3.8, 4) is 5.75 Å². The highest BCUT2D eigenvalue weighted by molar-refractivity contribution is 7.71. The summed E-state index contributed by atoms with van der Waals surface area (Å²) in [6.07, 6.45) is 5.86. The number of aromatic carboxylic acids is 2. The third-order valence-electron chi connectivity index (χ3n) is 6.45. The third-order valence-corrected chi connectivity index (χ3v) is 6.79. The first-order chi connectivity index (χ1) is 18.3. The zero-order valence-electron chi connectivity index (χ0n) is 20.0. The normalized spacial score (nSPS) is 12.3. The predicted molar refractivity (Wildman–Crippen MR) is 144 cm³/mol. The van der Waals surface area contributed by atoms with Gasteiger partial charge in [-0.15, -0.1) is 0 Å². The van der Waals surface area contributed by atoms with Gasteiger partial charge in [0, 0.05) is 17.7 Å². The first-order valence-corrected chi connectivity index (χ1v) is 12.2. The van der Waals surface area contributed by atoms with Crippen LogP contribution in [0.4, 0.5) is 0 Å². The molecule has 1 heterocycles. The van der Waals surface area contributed by atoms with E-state index >= 15 is 0 Å². The van der Waals surface area contributed by atoms with Crippen molar-refractivity contribution in [1.29, 1.82) is 0 Å². The minimum absolute atomic E-state index is 0.0114. The van der Waals surface area contributed by atoms with Crippen LogP contribution in [0.5, 0.6) is 5.75 Å². The molecule has 0 radical (unpaired) electrons. The smallest absolute Gasteiger partial charge is 0.339 e.